The summed E-state index contributed by atoms with van der Waals surface area (Å²) in [6.07, 6.45) is 3.93. The largest absolute Gasteiger partial charge is 0.345 e. The molecule has 0 saturated carbocycles. The molecule has 0 radical (unpaired) electrons. The van der Waals surface area contributed by atoms with Crippen LogP contribution >= 0.6 is 0 Å². The predicted octanol–water partition coefficient (Wildman–Crippen LogP) is 1.22. The van der Waals surface area contributed by atoms with Gasteiger partial charge in [-0.3, -0.25) is 33.6 Å². The molecule has 5 N–H and O–H groups in total. The molecule has 0 aromatic carbocycles. The van der Waals surface area contributed by atoms with Crippen LogP contribution in [0.4, 0.5) is 0 Å². The maximum Gasteiger partial charge on any atom is 0.246 e. The lowest BCUT2D eigenvalue weighted by atomic mass is 9.94. The van der Waals surface area contributed by atoms with Gasteiger partial charge in [-0.25, -0.2) is 0 Å². The fraction of sp³-hybridized carbons (Fsp3) is 0.806. The summed E-state index contributed by atoms with van der Waals surface area (Å²) < 4.78 is 0. The molecule has 3 fully saturated rings. The number of nitrogens with one attached hydrogen (secondary N) is 5. The second-order valence-electron chi connectivity index (χ2n) is 15.0. The van der Waals surface area contributed by atoms with Crippen molar-refractivity contribution in [2.75, 3.05) is 19.6 Å². The van der Waals surface area contributed by atoms with Gasteiger partial charge in [0.2, 0.25) is 41.4 Å². The quantitative estimate of drug-likeness (QED) is 0.252. The average Bonchev–Trinajstić information content (AvgIpc) is 3.79. The molecule has 3 saturated heterocycles. The van der Waals surface area contributed by atoms with Crippen molar-refractivity contribution >= 4 is 41.4 Å². The molecule has 0 aromatic heterocycles. The summed E-state index contributed by atoms with van der Waals surface area (Å²) in [7, 11) is 0. The molecule has 3 aliphatic heterocycles. The van der Waals surface area contributed by atoms with Crippen molar-refractivity contribution in [3.8, 4) is 0 Å². The first-order valence-corrected chi connectivity index (χ1v) is 18.7. The number of amides is 7. The molecule has 3 aliphatic rings. The van der Waals surface area contributed by atoms with E-state index in [4.69, 9.17) is 0 Å². The van der Waals surface area contributed by atoms with E-state index in [9.17, 15) is 33.6 Å². The minimum atomic E-state index is -0.980. The summed E-state index contributed by atoms with van der Waals surface area (Å²) in [6.45, 7) is 15.3. The number of carbonyl (C=O) groups excluding carboxylic acids is 7. The SMILES string of the molecule is CCC(C)C1NC(=O)C2CCCN2C(=O)CNC(=O)C(CC(C)C)NC(=O)C(C(C)CC)NC(=O)C2CCCN2C(=O)C(C(C)CC)NC1=O. The molecule has 3 heterocycles. The Morgan fingerprint density at radius 3 is 1.52 bits per heavy atom. The smallest absolute Gasteiger partial charge is 0.246 e. The Hall–Kier alpha value is -3.71. The topological polar surface area (TPSA) is 186 Å². The van der Waals surface area contributed by atoms with Crippen molar-refractivity contribution in [3.05, 3.63) is 0 Å². The van der Waals surface area contributed by atoms with Gasteiger partial charge in [-0.05, 0) is 55.8 Å². The Morgan fingerprint density at radius 1 is 0.580 bits per heavy atom. The highest BCUT2D eigenvalue weighted by Crippen LogP contribution is 2.24. The third kappa shape index (κ3) is 9.96. The van der Waals surface area contributed by atoms with Crippen LogP contribution < -0.4 is 26.6 Å². The van der Waals surface area contributed by atoms with E-state index in [1.165, 1.54) is 9.80 Å². The summed E-state index contributed by atoms with van der Waals surface area (Å²) in [5, 5.41) is 14.2. The molecule has 282 valence electrons. The van der Waals surface area contributed by atoms with Crippen LogP contribution in [-0.2, 0) is 33.6 Å². The van der Waals surface area contributed by atoms with Crippen LogP contribution in [0.2, 0.25) is 0 Å². The molecule has 0 spiro atoms. The molecule has 50 heavy (non-hydrogen) atoms. The Balaban J connectivity index is 2.06. The zero-order valence-electron chi connectivity index (χ0n) is 31.3. The fourth-order valence-electron chi connectivity index (χ4n) is 7.00. The lowest BCUT2D eigenvalue weighted by Crippen LogP contribution is -2.61. The van der Waals surface area contributed by atoms with Crippen molar-refractivity contribution in [1.82, 2.24) is 36.4 Å². The molecule has 14 heteroatoms. The summed E-state index contributed by atoms with van der Waals surface area (Å²) in [4.78, 5) is 99.3. The molecule has 0 aromatic rings. The molecular weight excluding hydrogens is 642 g/mol. The summed E-state index contributed by atoms with van der Waals surface area (Å²) in [5.41, 5.74) is 0. The normalized spacial score (nSPS) is 29.9. The Bertz CT molecular complexity index is 1260. The highest BCUT2D eigenvalue weighted by molar-refractivity contribution is 5.98. The lowest BCUT2D eigenvalue weighted by molar-refractivity contribution is -0.144. The van der Waals surface area contributed by atoms with E-state index in [1.807, 2.05) is 55.4 Å². The number of nitrogens with zero attached hydrogens (tertiary/aromatic N) is 2. The van der Waals surface area contributed by atoms with Crippen molar-refractivity contribution in [1.29, 1.82) is 0 Å². The van der Waals surface area contributed by atoms with Gasteiger partial charge < -0.3 is 36.4 Å². The number of rotatable bonds is 8. The summed E-state index contributed by atoms with van der Waals surface area (Å²) in [6, 6.07) is -5.55. The molecule has 7 amide bonds. The first-order chi connectivity index (χ1) is 23.6. The van der Waals surface area contributed by atoms with E-state index in [1.54, 1.807) is 0 Å². The van der Waals surface area contributed by atoms with Crippen LogP contribution in [0.5, 0.6) is 0 Å². The van der Waals surface area contributed by atoms with Crippen LogP contribution in [0.3, 0.4) is 0 Å². The zero-order chi connectivity index (χ0) is 37.3. The van der Waals surface area contributed by atoms with E-state index in [-0.39, 0.29) is 30.2 Å². The average molecular weight is 704 g/mol. The van der Waals surface area contributed by atoms with Gasteiger partial charge in [0, 0.05) is 13.1 Å². The predicted molar refractivity (Wildman–Crippen MR) is 188 cm³/mol. The van der Waals surface area contributed by atoms with Gasteiger partial charge in [-0.15, -0.1) is 0 Å². The maximum absolute atomic E-state index is 14.2. The minimum absolute atomic E-state index is 0.0193. The third-order valence-electron chi connectivity index (χ3n) is 10.8. The van der Waals surface area contributed by atoms with Crippen LogP contribution in [0.25, 0.3) is 0 Å². The van der Waals surface area contributed by atoms with Crippen molar-refractivity contribution in [3.63, 3.8) is 0 Å². The fourth-order valence-corrected chi connectivity index (χ4v) is 7.00. The van der Waals surface area contributed by atoms with E-state index in [0.29, 0.717) is 64.5 Å². The number of carbonyl (C=O) groups is 7. The van der Waals surface area contributed by atoms with E-state index < -0.39 is 77.6 Å². The van der Waals surface area contributed by atoms with Crippen molar-refractivity contribution < 1.29 is 33.6 Å². The monoisotopic (exact) mass is 703 g/mol. The molecule has 9 atom stereocenters. The van der Waals surface area contributed by atoms with E-state index >= 15 is 0 Å². The van der Waals surface area contributed by atoms with Gasteiger partial charge in [0.05, 0.1) is 6.54 Å². The van der Waals surface area contributed by atoms with Crippen molar-refractivity contribution in [2.45, 2.75) is 143 Å². The van der Waals surface area contributed by atoms with E-state index in [0.717, 1.165) is 0 Å². The highest BCUT2D eigenvalue weighted by atomic mass is 16.2. The summed E-state index contributed by atoms with van der Waals surface area (Å²) >= 11 is 0. The van der Waals surface area contributed by atoms with Gasteiger partial charge in [0.15, 0.2) is 0 Å². The van der Waals surface area contributed by atoms with Crippen LogP contribution in [0.15, 0.2) is 0 Å². The minimum Gasteiger partial charge on any atom is -0.345 e. The Labute approximate surface area is 297 Å². The number of hydrogen-bond donors (Lipinski definition) is 5. The lowest BCUT2D eigenvalue weighted by Gasteiger charge is -2.34. The van der Waals surface area contributed by atoms with Crippen molar-refractivity contribution in [2.24, 2.45) is 23.7 Å². The number of fused-ring (bicyclic) bond motifs is 2. The first-order valence-electron chi connectivity index (χ1n) is 18.7. The molecular formula is C36H61N7O7. The Morgan fingerprint density at radius 2 is 1.02 bits per heavy atom. The Kier molecular flexibility index (Phi) is 15.1. The third-order valence-corrected chi connectivity index (χ3v) is 10.8. The van der Waals surface area contributed by atoms with Gasteiger partial charge in [-0.1, -0.05) is 74.7 Å². The highest BCUT2D eigenvalue weighted by Gasteiger charge is 2.43. The van der Waals surface area contributed by atoms with Gasteiger partial charge in [0.1, 0.15) is 36.3 Å². The standard InChI is InChI=1S/C36H61N7O7/c1-9-21(6)28-34(48)38-24(18-20(4)5)31(45)37-19-27(44)42-16-12-14-25(42)32(46)40-29(22(7)10-2)35(49)41-30(23(8)11-3)36(50)43-17-13-15-26(43)33(47)39-28/h20-26,28-30H,9-19H2,1-8H3,(H,37,45)(H,38,48)(H,39,47)(H,40,46)(H,41,49). The van der Waals surface area contributed by atoms with Gasteiger partial charge in [0.25, 0.3) is 0 Å². The van der Waals surface area contributed by atoms with Gasteiger partial charge in [-0.2, -0.15) is 0 Å². The second-order valence-corrected chi connectivity index (χ2v) is 15.0. The van der Waals surface area contributed by atoms with Crippen LogP contribution in [0, 0.1) is 23.7 Å². The maximum atomic E-state index is 14.2. The van der Waals surface area contributed by atoms with Crippen LogP contribution in [0.1, 0.15) is 107 Å². The molecule has 0 aliphatic carbocycles. The number of hydrogen-bond acceptors (Lipinski definition) is 7. The van der Waals surface area contributed by atoms with Crippen LogP contribution in [-0.4, -0.2) is 107 Å². The molecule has 14 nitrogen and oxygen atoms in total. The molecule has 0 bridgehead atoms. The summed E-state index contributed by atoms with van der Waals surface area (Å²) in [5.74, 6) is -4.22. The van der Waals surface area contributed by atoms with Gasteiger partial charge >= 0.3 is 0 Å². The zero-order valence-corrected chi connectivity index (χ0v) is 31.3. The second kappa shape index (κ2) is 18.5. The molecule has 9 unspecified atom stereocenters. The van der Waals surface area contributed by atoms with E-state index in [2.05, 4.69) is 26.6 Å². The first kappa shape index (κ1) is 40.7. The molecule has 3 rings (SSSR count).